The average molecular weight is 1220 g/mol. The number of nitrogens with zero attached hydrogens (tertiary/aromatic N) is 10. The van der Waals surface area contributed by atoms with Gasteiger partial charge in [-0.05, 0) is 92.9 Å². The van der Waals surface area contributed by atoms with Crippen molar-refractivity contribution in [2.45, 2.75) is 38.5 Å². The highest BCUT2D eigenvalue weighted by molar-refractivity contribution is 7.86. The number of imidazole rings is 1. The first-order valence-corrected chi connectivity index (χ1v) is 29.9. The van der Waals surface area contributed by atoms with Crippen LogP contribution in [-0.2, 0) is 45.8 Å². The number of aromatic hydroxyl groups is 1. The number of aromatic nitrogens is 3. The molecule has 28 nitrogen and oxygen atoms in total. The quantitative estimate of drug-likeness (QED) is 0.0280. The normalized spacial score (nSPS) is 11.7. The zero-order valence-electron chi connectivity index (χ0n) is 42.9. The zero-order valence-corrected chi connectivity index (χ0v) is 47.0. The number of pyridine rings is 1. The van der Waals surface area contributed by atoms with E-state index in [9.17, 15) is 54.3 Å². The van der Waals surface area contributed by atoms with Crippen molar-refractivity contribution in [2.24, 2.45) is 30.7 Å². The van der Waals surface area contributed by atoms with Crippen LogP contribution in [0.3, 0.4) is 0 Å². The Bertz CT molecular complexity index is 4360. The number of thiazole rings is 1. The van der Waals surface area contributed by atoms with E-state index in [1.54, 1.807) is 98.8 Å². The molecule has 0 aliphatic rings. The first-order valence-electron chi connectivity index (χ1n) is 23.2. The molecule has 426 valence electrons. The number of benzene rings is 5. The third-order valence-electron chi connectivity index (χ3n) is 10.7. The molecule has 0 radical (unpaired) electrons. The van der Waals surface area contributed by atoms with E-state index in [1.165, 1.54) is 29.5 Å². The fourth-order valence-corrected chi connectivity index (χ4v) is 9.23. The Morgan fingerprint density at radius 3 is 2.06 bits per heavy atom. The number of anilines is 2. The van der Waals surface area contributed by atoms with Gasteiger partial charge >= 0.3 is 10.6 Å². The molecule has 3 heterocycles. The number of nitriles is 1. The first-order chi connectivity index (χ1) is 38.6. The van der Waals surface area contributed by atoms with Crippen molar-refractivity contribution >= 4 is 125 Å². The van der Waals surface area contributed by atoms with E-state index < -0.39 is 57.5 Å². The molecule has 0 atom stereocenters. The zero-order chi connectivity index (χ0) is 60.1. The van der Waals surface area contributed by atoms with Gasteiger partial charge in [-0.25, -0.2) is 9.97 Å². The van der Waals surface area contributed by atoms with Gasteiger partial charge in [0.05, 0.1) is 35.3 Å². The number of amides is 2. The molecule has 0 aliphatic heterocycles. The summed E-state index contributed by atoms with van der Waals surface area (Å²) in [7, 11) is -15.9. The summed E-state index contributed by atoms with van der Waals surface area (Å²) in [5.41, 5.74) is 3.88. The summed E-state index contributed by atoms with van der Waals surface area (Å²) in [6.45, 7) is 4.62. The van der Waals surface area contributed by atoms with Gasteiger partial charge in [-0.2, -0.15) is 30.5 Å². The second kappa shape index (κ2) is 26.9. The van der Waals surface area contributed by atoms with Crippen LogP contribution < -0.4 is 15.4 Å². The van der Waals surface area contributed by atoms with Crippen LogP contribution in [0, 0.1) is 25.2 Å². The Hall–Kier alpha value is -9.14. The largest absolute Gasteiger partial charge is 0.493 e. The van der Waals surface area contributed by atoms with Crippen molar-refractivity contribution < 1.29 is 71.0 Å². The summed E-state index contributed by atoms with van der Waals surface area (Å²) in [6, 6.07) is 30.8. The fraction of sp³-hybridized carbons (Fsp3) is 0.163. The van der Waals surface area contributed by atoms with Gasteiger partial charge in [0.2, 0.25) is 16.9 Å². The van der Waals surface area contributed by atoms with Crippen molar-refractivity contribution in [3.63, 3.8) is 0 Å². The summed E-state index contributed by atoms with van der Waals surface area (Å²) < 4.78 is 126. The van der Waals surface area contributed by atoms with E-state index >= 15 is 0 Å². The number of hydrogen-bond donors (Lipinski definition) is 6. The van der Waals surface area contributed by atoms with Crippen LogP contribution in [0.25, 0.3) is 27.9 Å². The number of carbonyl (C=O) groups is 2. The topological polar surface area (TPSA) is 430 Å². The highest BCUT2D eigenvalue weighted by Gasteiger charge is 2.23. The third kappa shape index (κ3) is 17.4. The van der Waals surface area contributed by atoms with Crippen LogP contribution in [0.4, 0.5) is 44.3 Å². The van der Waals surface area contributed by atoms with Crippen LogP contribution >= 0.6 is 11.3 Å². The molecule has 0 saturated heterocycles. The van der Waals surface area contributed by atoms with E-state index in [2.05, 4.69) is 57.4 Å². The van der Waals surface area contributed by atoms with Crippen molar-refractivity contribution in [1.29, 1.82) is 5.26 Å². The Morgan fingerprint density at radius 1 is 0.756 bits per heavy atom. The van der Waals surface area contributed by atoms with E-state index in [1.807, 2.05) is 0 Å². The highest BCUT2D eigenvalue weighted by atomic mass is 32.2. The number of carbonyl (C=O) groups excluding carboxylic acids is 2. The monoisotopic (exact) mass is 1220 g/mol. The molecule has 3 aromatic heterocycles. The lowest BCUT2D eigenvalue weighted by Gasteiger charge is -2.12. The molecule has 2 amide bonds. The molecule has 0 bridgehead atoms. The molecule has 6 N–H and O–H groups in total. The van der Waals surface area contributed by atoms with E-state index in [0.717, 1.165) is 17.4 Å². The van der Waals surface area contributed by atoms with Gasteiger partial charge in [-0.1, -0.05) is 53.8 Å². The summed E-state index contributed by atoms with van der Waals surface area (Å²) in [5.74, 6) is -1.54. The van der Waals surface area contributed by atoms with Gasteiger partial charge in [0.15, 0.2) is 16.3 Å². The van der Waals surface area contributed by atoms with Crippen molar-refractivity contribution in [1.82, 2.24) is 14.4 Å². The number of hydrogen-bond acceptors (Lipinski definition) is 23. The minimum Gasteiger partial charge on any atom is -0.493 e. The van der Waals surface area contributed by atoms with Crippen LogP contribution in [0.5, 0.6) is 11.6 Å². The van der Waals surface area contributed by atoms with Gasteiger partial charge in [0.1, 0.15) is 39.3 Å². The number of azo groups is 3. The smallest absolute Gasteiger partial charge is 0.425 e. The van der Waals surface area contributed by atoms with Gasteiger partial charge in [0.25, 0.3) is 36.3 Å². The Balaban J connectivity index is 0.00000112. The molecule has 0 unspecified atom stereocenters. The lowest BCUT2D eigenvalue weighted by Crippen LogP contribution is -2.12. The summed E-state index contributed by atoms with van der Waals surface area (Å²) in [4.78, 5) is 33.3. The maximum absolute atomic E-state index is 12.8. The number of nitrogens with one attached hydrogen (secondary N) is 2. The Labute approximate surface area is 472 Å². The van der Waals surface area contributed by atoms with E-state index in [-0.39, 0.29) is 92.5 Å². The average Bonchev–Trinajstić information content (AvgIpc) is 4.17. The predicted octanol–water partition coefficient (Wildman–Crippen LogP) is 10.1. The van der Waals surface area contributed by atoms with E-state index in [0.29, 0.717) is 45.2 Å². The summed E-state index contributed by atoms with van der Waals surface area (Å²) in [6.07, 6.45) is 0.999. The molecule has 0 fully saturated rings. The van der Waals surface area contributed by atoms with Gasteiger partial charge in [-0.3, -0.25) is 27.6 Å². The van der Waals surface area contributed by atoms with Gasteiger partial charge in [0, 0.05) is 41.1 Å². The molecular formula is C49H44N12O16S5. The van der Waals surface area contributed by atoms with E-state index in [4.69, 9.17) is 21.9 Å². The maximum atomic E-state index is 12.8. The van der Waals surface area contributed by atoms with Crippen LogP contribution in [0.2, 0.25) is 0 Å². The number of fused-ring (bicyclic) bond motifs is 3. The number of para-hydroxylation sites is 2. The Kier molecular flexibility index (Phi) is 20.3. The Morgan fingerprint density at radius 2 is 1.40 bits per heavy atom. The highest BCUT2D eigenvalue weighted by Crippen LogP contribution is 2.44. The predicted molar refractivity (Wildman–Crippen MR) is 298 cm³/mol. The molecule has 0 aliphatic carbocycles. The van der Waals surface area contributed by atoms with Crippen molar-refractivity contribution in [3.8, 4) is 29.0 Å². The SMILES string of the molecule is CC(=O)Nc1cccc(-c2nc(N=Nc3cc(OCCCCS(=O)(=O)O)c(N=Nc4c(C)c(C#N)c5nc6ccccc6n5c4O)cc3C)sc2N=Nc2ccc(NC(=O)c3ccccc3)cc2S(=O)(=O)O)c1.CS(=O)(=O)O.O=S(=O)=O. The molecule has 0 spiro atoms. The first kappa shape index (κ1) is 62.1. The van der Waals surface area contributed by atoms with Crippen LogP contribution in [0.15, 0.2) is 145 Å². The fourth-order valence-electron chi connectivity index (χ4n) is 7.27. The maximum Gasteiger partial charge on any atom is 0.425 e. The minimum atomic E-state index is -4.91. The molecule has 33 heteroatoms. The van der Waals surface area contributed by atoms with Crippen molar-refractivity contribution in [2.75, 3.05) is 29.2 Å². The molecular weight excluding hydrogens is 1170 g/mol. The van der Waals surface area contributed by atoms with Crippen molar-refractivity contribution in [3.05, 3.63) is 131 Å². The lowest BCUT2D eigenvalue weighted by molar-refractivity contribution is -0.114. The summed E-state index contributed by atoms with van der Waals surface area (Å²) in [5, 5.41) is 53.3. The third-order valence-corrected chi connectivity index (χ3v) is 13.2. The van der Waals surface area contributed by atoms with Gasteiger partial charge < -0.3 is 20.5 Å². The lowest BCUT2D eigenvalue weighted by atomic mass is 10.1. The molecule has 0 saturated carbocycles. The number of aryl methyl sites for hydroxylation is 1. The second-order valence-electron chi connectivity index (χ2n) is 16.9. The molecule has 82 heavy (non-hydrogen) atoms. The number of unbranched alkanes of at least 4 members (excludes halogenated alkanes) is 1. The summed E-state index contributed by atoms with van der Waals surface area (Å²) >= 11 is 0.907. The standard InChI is InChI=1S/C48H40N12O10S3.CH4O3S.O3S/c1-27-22-38(56-57-42-28(2)34(26-49)44-52-35-16-7-8-17-39(35)60(44)47(42)63)40(70-20-9-10-21-72(64,65)66)25-37(27)55-59-48-53-43(31-14-11-15-32(23-31)50-29(3)61)46(71-48)58-54-36-19-18-33(24-41(36)73(67,68)69)51-45(62)30-12-5-4-6-13-30;1-5(2,3)4;1-4(2)3/h4-8,11-19,22-25,63H,9-10,20-21H2,1-3H3,(H,50,61)(H,51,62)(H,64,65,66)(H,67,68,69);1H3,(H,2,3,4);. The molecule has 5 aromatic carbocycles. The van der Waals surface area contributed by atoms with Crippen LogP contribution in [0.1, 0.15) is 46.8 Å². The van der Waals surface area contributed by atoms with Crippen LogP contribution in [-0.4, -0.2) is 101 Å². The minimum absolute atomic E-state index is 0.0126. The number of ether oxygens (including phenoxy) is 1. The van der Waals surface area contributed by atoms with Gasteiger partial charge in [-0.15, -0.1) is 43.3 Å². The number of rotatable bonds is 17. The second-order valence-corrected chi connectivity index (χ2v) is 22.7. The molecule has 8 rings (SSSR count). The molecule has 8 aromatic rings.